The van der Waals surface area contributed by atoms with Gasteiger partial charge in [0.1, 0.15) is 0 Å². The number of nitrogens with zero attached hydrogens (tertiary/aromatic N) is 1. The van der Waals surface area contributed by atoms with Gasteiger partial charge in [-0.1, -0.05) is 0 Å². The van der Waals surface area contributed by atoms with E-state index in [4.69, 9.17) is 9.47 Å². The van der Waals surface area contributed by atoms with Gasteiger partial charge in [0, 0.05) is 10.4 Å². The maximum atomic E-state index is 12.1. The molecular weight excluding hydrogens is 262 g/mol. The highest BCUT2D eigenvalue weighted by Crippen LogP contribution is 2.32. The molecule has 1 aromatic heterocycles. The number of thiazole rings is 1. The number of aromatic nitrogens is 1. The largest absolute Gasteiger partial charge is 0.454 e. The molecule has 1 aliphatic rings. The average Bonchev–Trinajstić information content (AvgIpc) is 3.03. The smallest absolute Gasteiger partial charge is 0.231 e. The number of benzene rings is 1. The number of carbonyl (C=O) groups excluding carboxylic acids is 1. The number of hydrogen-bond donors (Lipinski definition) is 0. The molecule has 3 rings (SSSR count). The highest BCUT2D eigenvalue weighted by molar-refractivity contribution is 7.10. The van der Waals surface area contributed by atoms with Crippen molar-refractivity contribution in [2.24, 2.45) is 0 Å². The first-order chi connectivity index (χ1) is 9.24. The normalized spacial score (nSPS) is 13.1. The molecule has 19 heavy (non-hydrogen) atoms. The SMILES string of the molecule is Cc1ncsc1/C=C/C(=O)c1ccc2c(c1)OCO2. The Morgan fingerprint density at radius 2 is 2.21 bits per heavy atom. The Morgan fingerprint density at radius 3 is 3.00 bits per heavy atom. The summed E-state index contributed by atoms with van der Waals surface area (Å²) in [6.07, 6.45) is 3.35. The molecular formula is C14H11NO3S. The Labute approximate surface area is 114 Å². The van der Waals surface area contributed by atoms with Crippen molar-refractivity contribution in [2.45, 2.75) is 6.92 Å². The Kier molecular flexibility index (Phi) is 3.05. The van der Waals surface area contributed by atoms with E-state index in [1.54, 1.807) is 35.9 Å². The predicted octanol–water partition coefficient (Wildman–Crippen LogP) is 3.08. The topological polar surface area (TPSA) is 48.4 Å². The van der Waals surface area contributed by atoms with Gasteiger partial charge in [0.05, 0.1) is 11.2 Å². The number of carbonyl (C=O) groups is 1. The van der Waals surface area contributed by atoms with E-state index in [-0.39, 0.29) is 12.6 Å². The second-order valence-electron chi connectivity index (χ2n) is 4.07. The fourth-order valence-electron chi connectivity index (χ4n) is 1.77. The van der Waals surface area contributed by atoms with Crippen molar-refractivity contribution < 1.29 is 14.3 Å². The van der Waals surface area contributed by atoms with Crippen molar-refractivity contribution in [3.05, 3.63) is 45.9 Å². The molecule has 1 aromatic carbocycles. The highest BCUT2D eigenvalue weighted by atomic mass is 32.1. The van der Waals surface area contributed by atoms with Crippen molar-refractivity contribution in [1.29, 1.82) is 0 Å². The van der Waals surface area contributed by atoms with Crippen LogP contribution in [0.15, 0.2) is 29.8 Å². The van der Waals surface area contributed by atoms with Gasteiger partial charge in [0.15, 0.2) is 17.3 Å². The van der Waals surface area contributed by atoms with Crippen LogP contribution in [0.25, 0.3) is 6.08 Å². The van der Waals surface area contributed by atoms with Gasteiger partial charge in [-0.05, 0) is 37.3 Å². The predicted molar refractivity (Wildman–Crippen MR) is 72.8 cm³/mol. The van der Waals surface area contributed by atoms with Gasteiger partial charge in [-0.3, -0.25) is 4.79 Å². The van der Waals surface area contributed by atoms with Crippen LogP contribution >= 0.6 is 11.3 Å². The summed E-state index contributed by atoms with van der Waals surface area (Å²) in [7, 11) is 0. The van der Waals surface area contributed by atoms with Crippen molar-refractivity contribution in [1.82, 2.24) is 4.98 Å². The number of hydrogen-bond acceptors (Lipinski definition) is 5. The van der Waals surface area contributed by atoms with E-state index in [1.165, 1.54) is 11.3 Å². The summed E-state index contributed by atoms with van der Waals surface area (Å²) in [4.78, 5) is 17.2. The Hall–Kier alpha value is -2.14. The van der Waals surface area contributed by atoms with Crippen LogP contribution in [0.4, 0.5) is 0 Å². The van der Waals surface area contributed by atoms with Crippen LogP contribution in [-0.4, -0.2) is 17.6 Å². The third-order valence-electron chi connectivity index (χ3n) is 2.83. The van der Waals surface area contributed by atoms with Crippen LogP contribution < -0.4 is 9.47 Å². The Balaban J connectivity index is 1.81. The molecule has 5 heteroatoms. The summed E-state index contributed by atoms with van der Waals surface area (Å²) >= 11 is 1.51. The minimum absolute atomic E-state index is 0.0638. The van der Waals surface area contributed by atoms with E-state index in [9.17, 15) is 4.79 Å². The Bertz CT molecular complexity index is 660. The molecule has 0 unspecified atom stereocenters. The second kappa shape index (κ2) is 4.85. The number of fused-ring (bicyclic) bond motifs is 1. The lowest BCUT2D eigenvalue weighted by Crippen LogP contribution is -1.94. The first-order valence-electron chi connectivity index (χ1n) is 5.76. The molecule has 0 aliphatic carbocycles. The molecule has 4 nitrogen and oxygen atoms in total. The van der Waals surface area contributed by atoms with Crippen LogP contribution in [0, 0.1) is 6.92 Å². The fraction of sp³-hybridized carbons (Fsp3) is 0.143. The van der Waals surface area contributed by atoms with Gasteiger partial charge >= 0.3 is 0 Å². The van der Waals surface area contributed by atoms with E-state index in [2.05, 4.69) is 4.98 Å². The molecule has 2 aromatic rings. The van der Waals surface area contributed by atoms with Crippen LogP contribution in [0.2, 0.25) is 0 Å². The molecule has 0 amide bonds. The monoisotopic (exact) mass is 273 g/mol. The standard InChI is InChI=1S/C14H11NO3S/c1-9-14(19-7-15-9)5-3-11(16)10-2-4-12-13(6-10)18-8-17-12/h2-7H,8H2,1H3/b5-3+. The van der Waals surface area contributed by atoms with Gasteiger partial charge in [-0.2, -0.15) is 0 Å². The van der Waals surface area contributed by atoms with E-state index in [1.807, 2.05) is 6.92 Å². The molecule has 0 saturated heterocycles. The Morgan fingerprint density at radius 1 is 1.37 bits per heavy atom. The lowest BCUT2D eigenvalue weighted by atomic mass is 10.1. The molecule has 96 valence electrons. The number of allylic oxidation sites excluding steroid dienone is 1. The zero-order chi connectivity index (χ0) is 13.2. The third-order valence-corrected chi connectivity index (χ3v) is 3.72. The van der Waals surface area contributed by atoms with Crippen LogP contribution in [0.1, 0.15) is 20.9 Å². The van der Waals surface area contributed by atoms with Crippen molar-refractivity contribution in [3.63, 3.8) is 0 Å². The summed E-state index contributed by atoms with van der Waals surface area (Å²) in [5, 5.41) is 0. The van der Waals surface area contributed by atoms with E-state index in [0.29, 0.717) is 17.1 Å². The van der Waals surface area contributed by atoms with Gasteiger partial charge < -0.3 is 9.47 Å². The zero-order valence-electron chi connectivity index (χ0n) is 10.3. The molecule has 0 bridgehead atoms. The second-order valence-corrected chi connectivity index (χ2v) is 4.95. The van der Waals surface area contributed by atoms with E-state index >= 15 is 0 Å². The summed E-state index contributed by atoms with van der Waals surface area (Å²) < 4.78 is 10.5. The summed E-state index contributed by atoms with van der Waals surface area (Å²) in [5.41, 5.74) is 3.28. The number of aryl methyl sites for hydroxylation is 1. The summed E-state index contributed by atoms with van der Waals surface area (Å²) in [6.45, 7) is 2.13. The minimum Gasteiger partial charge on any atom is -0.454 e. The number of ketones is 1. The van der Waals surface area contributed by atoms with Crippen molar-refractivity contribution in [2.75, 3.05) is 6.79 Å². The van der Waals surface area contributed by atoms with Crippen LogP contribution in [0.5, 0.6) is 11.5 Å². The quantitative estimate of drug-likeness (QED) is 0.637. The third kappa shape index (κ3) is 2.37. The summed E-state index contributed by atoms with van der Waals surface area (Å²) in [5.74, 6) is 1.23. The maximum Gasteiger partial charge on any atom is 0.231 e. The average molecular weight is 273 g/mol. The highest BCUT2D eigenvalue weighted by Gasteiger charge is 2.15. The maximum absolute atomic E-state index is 12.1. The molecule has 1 aliphatic heterocycles. The van der Waals surface area contributed by atoms with Gasteiger partial charge in [-0.25, -0.2) is 4.98 Å². The fourth-order valence-corrected chi connectivity index (χ4v) is 2.46. The first-order valence-corrected chi connectivity index (χ1v) is 6.64. The molecule has 0 fully saturated rings. The van der Waals surface area contributed by atoms with E-state index < -0.39 is 0 Å². The van der Waals surface area contributed by atoms with Crippen LogP contribution in [-0.2, 0) is 0 Å². The lowest BCUT2D eigenvalue weighted by Gasteiger charge is -1.98. The van der Waals surface area contributed by atoms with Crippen LogP contribution in [0.3, 0.4) is 0 Å². The molecule has 0 radical (unpaired) electrons. The lowest BCUT2D eigenvalue weighted by molar-refractivity contribution is 0.104. The van der Waals surface area contributed by atoms with Gasteiger partial charge in [0.25, 0.3) is 0 Å². The molecule has 0 spiro atoms. The van der Waals surface area contributed by atoms with Gasteiger partial charge in [0.2, 0.25) is 6.79 Å². The number of ether oxygens (including phenoxy) is 2. The first kappa shape index (κ1) is 11.9. The molecule has 2 heterocycles. The van der Waals surface area contributed by atoms with Crippen molar-refractivity contribution in [3.8, 4) is 11.5 Å². The van der Waals surface area contributed by atoms with Crippen molar-refractivity contribution >= 4 is 23.2 Å². The molecule has 0 N–H and O–H groups in total. The van der Waals surface area contributed by atoms with E-state index in [0.717, 1.165) is 10.6 Å². The summed E-state index contributed by atoms with van der Waals surface area (Å²) in [6, 6.07) is 5.19. The van der Waals surface area contributed by atoms with Gasteiger partial charge in [-0.15, -0.1) is 11.3 Å². The molecule has 0 saturated carbocycles. The zero-order valence-corrected chi connectivity index (χ0v) is 11.1. The molecule has 0 atom stereocenters. The minimum atomic E-state index is -0.0638. The number of rotatable bonds is 3.